The molecule has 0 saturated carbocycles. The van der Waals surface area contributed by atoms with Gasteiger partial charge in [0.15, 0.2) is 5.17 Å². The van der Waals surface area contributed by atoms with Crippen molar-refractivity contribution in [1.29, 1.82) is 0 Å². The lowest BCUT2D eigenvalue weighted by atomic mass is 10.2. The Labute approximate surface area is 135 Å². The highest BCUT2D eigenvalue weighted by molar-refractivity contribution is 7.12. The third kappa shape index (κ3) is 3.93. The Kier molecular flexibility index (Phi) is 5.17. The monoisotopic (exact) mass is 343 g/mol. The van der Waals surface area contributed by atoms with Gasteiger partial charge in [-0.25, -0.2) is 0 Å². The van der Waals surface area contributed by atoms with Gasteiger partial charge in [0.2, 0.25) is 0 Å². The molecule has 2 rings (SSSR count). The molecule has 0 fully saturated rings. The van der Waals surface area contributed by atoms with E-state index in [1.165, 1.54) is 12.1 Å². The van der Waals surface area contributed by atoms with Gasteiger partial charge in [-0.2, -0.15) is 5.10 Å². The van der Waals surface area contributed by atoms with E-state index in [9.17, 15) is 10.1 Å². The molecule has 21 heavy (non-hydrogen) atoms. The number of nitro groups is 1. The number of halogens is 2. The van der Waals surface area contributed by atoms with Crippen molar-refractivity contribution in [2.24, 2.45) is 5.10 Å². The highest BCUT2D eigenvalue weighted by Crippen LogP contribution is 2.25. The molecular formula is C13H11Cl2N3O2S. The summed E-state index contributed by atoms with van der Waals surface area (Å²) in [5.41, 5.74) is 4.19. The fraction of sp³-hybridized carbons (Fsp3) is 0.154. The van der Waals surface area contributed by atoms with Crippen molar-refractivity contribution in [2.75, 3.05) is 5.43 Å². The smallest absolute Gasteiger partial charge is 0.269 e. The molecule has 0 atom stereocenters. The Morgan fingerprint density at radius 1 is 1.43 bits per heavy atom. The Morgan fingerprint density at radius 3 is 2.67 bits per heavy atom. The van der Waals surface area contributed by atoms with Crippen molar-refractivity contribution in [3.63, 3.8) is 0 Å². The van der Waals surface area contributed by atoms with Crippen LogP contribution >= 0.6 is 34.5 Å². The molecular weight excluding hydrogens is 333 g/mol. The number of hydrazone groups is 1. The molecule has 110 valence electrons. The number of nitrogens with one attached hydrogen (secondary N) is 1. The number of hydrogen-bond donors (Lipinski definition) is 1. The van der Waals surface area contributed by atoms with E-state index in [0.29, 0.717) is 16.7 Å². The zero-order valence-electron chi connectivity index (χ0n) is 11.0. The van der Waals surface area contributed by atoms with Crippen LogP contribution in [0.5, 0.6) is 0 Å². The van der Waals surface area contributed by atoms with Crippen molar-refractivity contribution >= 4 is 51.1 Å². The number of non-ortho nitro benzene ring substituents is 1. The Morgan fingerprint density at radius 2 is 2.10 bits per heavy atom. The maximum atomic E-state index is 10.6. The van der Waals surface area contributed by atoms with Crippen LogP contribution in [0, 0.1) is 17.0 Å². The molecule has 1 heterocycles. The largest absolute Gasteiger partial charge is 0.277 e. The van der Waals surface area contributed by atoms with Crippen LogP contribution in [0.15, 0.2) is 35.4 Å². The van der Waals surface area contributed by atoms with Crippen molar-refractivity contribution < 1.29 is 4.92 Å². The summed E-state index contributed by atoms with van der Waals surface area (Å²) in [5.74, 6) is 0.372. The van der Waals surface area contributed by atoms with Gasteiger partial charge in [0.25, 0.3) is 5.69 Å². The molecule has 0 unspecified atom stereocenters. The standard InChI is InChI=1S/C13H11Cl2N3O2S/c1-8-6-11(12(7-14)21-8)13(15)17-16-9-2-4-10(5-3-9)18(19)20/h2-6,16H,7H2,1H3. The second-order valence-electron chi connectivity index (χ2n) is 4.15. The minimum absolute atomic E-state index is 0.0218. The number of thiophene rings is 1. The third-order valence-corrected chi connectivity index (χ3v) is 4.40. The van der Waals surface area contributed by atoms with Crippen LogP contribution in [-0.2, 0) is 5.88 Å². The molecule has 0 radical (unpaired) electrons. The van der Waals surface area contributed by atoms with E-state index in [-0.39, 0.29) is 5.69 Å². The maximum Gasteiger partial charge on any atom is 0.269 e. The van der Waals surface area contributed by atoms with Gasteiger partial charge in [-0.05, 0) is 25.1 Å². The van der Waals surface area contributed by atoms with E-state index >= 15 is 0 Å². The van der Waals surface area contributed by atoms with Crippen molar-refractivity contribution in [2.45, 2.75) is 12.8 Å². The van der Waals surface area contributed by atoms with Crippen LogP contribution in [0.1, 0.15) is 15.3 Å². The summed E-state index contributed by atoms with van der Waals surface area (Å²) in [6, 6.07) is 7.83. The first kappa shape index (κ1) is 15.8. The number of aryl methyl sites for hydroxylation is 1. The molecule has 0 amide bonds. The van der Waals surface area contributed by atoms with Gasteiger partial charge >= 0.3 is 0 Å². The highest BCUT2D eigenvalue weighted by atomic mass is 35.5. The van der Waals surface area contributed by atoms with Crippen molar-refractivity contribution in [3.8, 4) is 0 Å². The molecule has 8 heteroatoms. The van der Waals surface area contributed by atoms with E-state index in [1.54, 1.807) is 23.5 Å². The van der Waals surface area contributed by atoms with Crippen LogP contribution < -0.4 is 5.43 Å². The molecule has 1 aromatic carbocycles. The van der Waals surface area contributed by atoms with Crippen LogP contribution in [0.4, 0.5) is 11.4 Å². The first-order valence-corrected chi connectivity index (χ1v) is 7.63. The minimum Gasteiger partial charge on any atom is -0.277 e. The molecule has 0 aliphatic carbocycles. The SMILES string of the molecule is Cc1cc(C(Cl)=NNc2ccc([N+](=O)[O-])cc2)c(CCl)s1. The molecule has 1 aromatic heterocycles. The molecule has 5 nitrogen and oxygen atoms in total. The molecule has 1 N–H and O–H groups in total. The van der Waals surface area contributed by atoms with Gasteiger partial charge in [0.05, 0.1) is 16.5 Å². The van der Waals surface area contributed by atoms with E-state index < -0.39 is 4.92 Å². The Hall–Kier alpha value is -1.63. The number of hydrogen-bond acceptors (Lipinski definition) is 5. The fourth-order valence-electron chi connectivity index (χ4n) is 1.67. The molecule has 0 bridgehead atoms. The first-order chi connectivity index (χ1) is 10.0. The van der Waals surface area contributed by atoms with E-state index in [0.717, 1.165) is 15.3 Å². The summed E-state index contributed by atoms with van der Waals surface area (Å²) in [5, 5.41) is 14.9. The molecule has 0 aliphatic heterocycles. The second-order valence-corrected chi connectivity index (χ2v) is 6.11. The number of rotatable bonds is 5. The van der Waals surface area contributed by atoms with Crippen molar-refractivity contribution in [3.05, 3.63) is 55.8 Å². The quantitative estimate of drug-likeness (QED) is 0.369. The van der Waals surface area contributed by atoms with E-state index in [1.807, 2.05) is 13.0 Å². The molecule has 2 aromatic rings. The van der Waals surface area contributed by atoms with Gasteiger partial charge in [-0.15, -0.1) is 22.9 Å². The summed E-state index contributed by atoms with van der Waals surface area (Å²) in [7, 11) is 0. The van der Waals surface area contributed by atoms with Crippen LogP contribution in [-0.4, -0.2) is 10.1 Å². The number of nitro benzene ring substituents is 1. The number of benzene rings is 1. The lowest BCUT2D eigenvalue weighted by molar-refractivity contribution is -0.384. The molecule has 0 aliphatic rings. The van der Waals surface area contributed by atoms with Crippen LogP contribution in [0.25, 0.3) is 0 Å². The van der Waals surface area contributed by atoms with Gasteiger partial charge in [0, 0.05) is 27.5 Å². The predicted octanol–water partition coefficient (Wildman–Crippen LogP) is 4.72. The highest BCUT2D eigenvalue weighted by Gasteiger charge is 2.11. The lowest BCUT2D eigenvalue weighted by Crippen LogP contribution is -1.98. The van der Waals surface area contributed by atoms with Crippen molar-refractivity contribution in [1.82, 2.24) is 0 Å². The number of nitrogens with zero attached hydrogens (tertiary/aromatic N) is 2. The predicted molar refractivity (Wildman–Crippen MR) is 87.7 cm³/mol. The normalized spacial score (nSPS) is 11.5. The Balaban J connectivity index is 2.14. The number of anilines is 1. The number of alkyl halides is 1. The third-order valence-electron chi connectivity index (χ3n) is 2.64. The van der Waals surface area contributed by atoms with Crippen LogP contribution in [0.2, 0.25) is 0 Å². The summed E-state index contributed by atoms with van der Waals surface area (Å²) >= 11 is 13.6. The van der Waals surface area contributed by atoms with Gasteiger partial charge in [-0.3, -0.25) is 15.5 Å². The van der Waals surface area contributed by atoms with Gasteiger partial charge in [0.1, 0.15) is 0 Å². The summed E-state index contributed by atoms with van der Waals surface area (Å²) in [6.07, 6.45) is 0. The summed E-state index contributed by atoms with van der Waals surface area (Å²) < 4.78 is 0. The van der Waals surface area contributed by atoms with Gasteiger partial charge < -0.3 is 0 Å². The minimum atomic E-state index is -0.457. The topological polar surface area (TPSA) is 67.5 Å². The fourth-order valence-corrected chi connectivity index (χ4v) is 3.13. The zero-order chi connectivity index (χ0) is 15.4. The lowest BCUT2D eigenvalue weighted by Gasteiger charge is -2.02. The summed E-state index contributed by atoms with van der Waals surface area (Å²) in [6.45, 7) is 1.97. The maximum absolute atomic E-state index is 10.6. The Bertz CT molecular complexity index is 683. The van der Waals surface area contributed by atoms with Crippen LogP contribution in [0.3, 0.4) is 0 Å². The second kappa shape index (κ2) is 6.89. The van der Waals surface area contributed by atoms with E-state index in [2.05, 4.69) is 10.5 Å². The molecule has 0 spiro atoms. The molecule has 0 saturated heterocycles. The average molecular weight is 344 g/mol. The van der Waals surface area contributed by atoms with E-state index in [4.69, 9.17) is 23.2 Å². The summed E-state index contributed by atoms with van der Waals surface area (Å²) in [4.78, 5) is 12.2. The van der Waals surface area contributed by atoms with Gasteiger partial charge in [-0.1, -0.05) is 11.6 Å². The zero-order valence-corrected chi connectivity index (χ0v) is 13.3. The average Bonchev–Trinajstić information content (AvgIpc) is 2.86. The first-order valence-electron chi connectivity index (χ1n) is 5.90.